The Morgan fingerprint density at radius 2 is 1.86 bits per heavy atom. The molecule has 1 aliphatic heterocycles. The van der Waals surface area contributed by atoms with Gasteiger partial charge in [-0.25, -0.2) is 21.6 Å². The molecule has 0 unspecified atom stereocenters. The van der Waals surface area contributed by atoms with Crippen LogP contribution in [-0.4, -0.2) is 63.9 Å². The van der Waals surface area contributed by atoms with Gasteiger partial charge in [-0.3, -0.25) is 0 Å². The van der Waals surface area contributed by atoms with Crippen molar-refractivity contribution < 1.29 is 31.5 Å². The lowest BCUT2D eigenvalue weighted by Gasteiger charge is -2.26. The minimum Gasteiger partial charge on any atom is -0.496 e. The van der Waals surface area contributed by atoms with Crippen LogP contribution >= 0.6 is 0 Å². The second-order valence-electron chi connectivity index (χ2n) is 4.72. The Bertz CT molecular complexity index is 785. The molecule has 1 aromatic rings. The number of ether oxygens (including phenoxy) is 1. The van der Waals surface area contributed by atoms with Crippen molar-refractivity contribution in [1.29, 1.82) is 0 Å². The number of hydrogen-bond donors (Lipinski definition) is 1. The van der Waals surface area contributed by atoms with E-state index in [1.807, 2.05) is 0 Å². The highest BCUT2D eigenvalue weighted by Crippen LogP contribution is 2.25. The lowest BCUT2D eigenvalue weighted by Crippen LogP contribution is -2.43. The van der Waals surface area contributed by atoms with Crippen molar-refractivity contribution in [1.82, 2.24) is 4.31 Å². The SMILES string of the molecule is COc1ccc(S(=O)(=O)N2CCS(=O)(=O)CC2)cc1C(=O)O. The Morgan fingerprint density at radius 3 is 2.36 bits per heavy atom. The van der Waals surface area contributed by atoms with Crippen molar-refractivity contribution in [2.45, 2.75) is 4.90 Å². The summed E-state index contributed by atoms with van der Waals surface area (Å²) in [6.45, 7) is -0.280. The number of carbonyl (C=O) groups is 1. The molecular weight excluding hydrogens is 334 g/mol. The third-order valence-corrected chi connectivity index (χ3v) is 6.85. The number of rotatable bonds is 4. The molecule has 0 atom stereocenters. The molecule has 0 spiro atoms. The number of benzene rings is 1. The quantitative estimate of drug-likeness (QED) is 0.800. The Morgan fingerprint density at radius 1 is 1.27 bits per heavy atom. The second kappa shape index (κ2) is 5.86. The van der Waals surface area contributed by atoms with Crippen molar-refractivity contribution in [3.8, 4) is 5.75 Å². The molecule has 1 aliphatic rings. The fourth-order valence-corrected chi connectivity index (χ4v) is 5.00. The summed E-state index contributed by atoms with van der Waals surface area (Å²) in [7, 11) is -5.87. The van der Waals surface area contributed by atoms with E-state index in [0.29, 0.717) is 0 Å². The Labute approximate surface area is 128 Å². The first-order valence-electron chi connectivity index (χ1n) is 6.29. The summed E-state index contributed by atoms with van der Waals surface area (Å²) in [5.41, 5.74) is -0.270. The first-order valence-corrected chi connectivity index (χ1v) is 9.55. The van der Waals surface area contributed by atoms with Gasteiger partial charge >= 0.3 is 5.97 Å². The van der Waals surface area contributed by atoms with Crippen molar-refractivity contribution >= 4 is 25.8 Å². The van der Waals surface area contributed by atoms with Gasteiger partial charge in [0.05, 0.1) is 23.5 Å². The fraction of sp³-hybridized carbons (Fsp3) is 0.417. The van der Waals surface area contributed by atoms with Gasteiger partial charge in [0, 0.05) is 13.1 Å². The van der Waals surface area contributed by atoms with E-state index in [2.05, 4.69) is 0 Å². The van der Waals surface area contributed by atoms with Gasteiger partial charge in [-0.05, 0) is 18.2 Å². The van der Waals surface area contributed by atoms with Crippen LogP contribution in [0.1, 0.15) is 10.4 Å². The molecule has 0 saturated carbocycles. The van der Waals surface area contributed by atoms with Crippen LogP contribution in [0.5, 0.6) is 5.75 Å². The van der Waals surface area contributed by atoms with E-state index in [1.165, 1.54) is 19.2 Å². The third kappa shape index (κ3) is 3.23. The number of carboxylic acid groups (broad SMARTS) is 1. The molecule has 1 heterocycles. The lowest BCUT2D eigenvalue weighted by atomic mass is 10.2. The zero-order valence-corrected chi connectivity index (χ0v) is 13.4. The summed E-state index contributed by atoms with van der Waals surface area (Å²) < 4.78 is 53.6. The van der Waals surface area contributed by atoms with Gasteiger partial charge in [0.1, 0.15) is 11.3 Å². The van der Waals surface area contributed by atoms with Crippen LogP contribution in [0.15, 0.2) is 23.1 Å². The van der Waals surface area contributed by atoms with Crippen LogP contribution in [0, 0.1) is 0 Å². The third-order valence-electron chi connectivity index (χ3n) is 3.34. The number of nitrogens with zero attached hydrogens (tertiary/aromatic N) is 1. The van der Waals surface area contributed by atoms with E-state index in [4.69, 9.17) is 9.84 Å². The topological polar surface area (TPSA) is 118 Å². The molecule has 10 heteroatoms. The summed E-state index contributed by atoms with van der Waals surface area (Å²) in [5, 5.41) is 9.10. The first kappa shape index (κ1) is 16.7. The van der Waals surface area contributed by atoms with Crippen LogP contribution in [-0.2, 0) is 19.9 Å². The van der Waals surface area contributed by atoms with Gasteiger partial charge < -0.3 is 9.84 Å². The number of carboxylic acids is 1. The maximum Gasteiger partial charge on any atom is 0.339 e. The van der Waals surface area contributed by atoms with Crippen molar-refractivity contribution in [2.75, 3.05) is 31.7 Å². The lowest BCUT2D eigenvalue weighted by molar-refractivity contribution is 0.0693. The highest BCUT2D eigenvalue weighted by molar-refractivity contribution is 7.92. The minimum atomic E-state index is -3.94. The van der Waals surface area contributed by atoms with Gasteiger partial charge in [-0.15, -0.1) is 0 Å². The number of methoxy groups -OCH3 is 1. The predicted molar refractivity (Wildman–Crippen MR) is 77.4 cm³/mol. The number of sulfone groups is 1. The highest BCUT2D eigenvalue weighted by atomic mass is 32.2. The van der Waals surface area contributed by atoms with E-state index < -0.39 is 25.8 Å². The van der Waals surface area contributed by atoms with Crippen LogP contribution < -0.4 is 4.74 Å². The van der Waals surface area contributed by atoms with E-state index in [9.17, 15) is 21.6 Å². The zero-order valence-electron chi connectivity index (χ0n) is 11.7. The first-order chi connectivity index (χ1) is 10.2. The maximum atomic E-state index is 12.5. The molecule has 0 radical (unpaired) electrons. The molecule has 8 nitrogen and oxygen atoms in total. The molecule has 0 bridgehead atoms. The number of sulfonamides is 1. The Kier molecular flexibility index (Phi) is 4.45. The summed E-state index contributed by atoms with van der Waals surface area (Å²) in [4.78, 5) is 10.9. The van der Waals surface area contributed by atoms with E-state index in [0.717, 1.165) is 10.4 Å². The van der Waals surface area contributed by atoms with Crippen molar-refractivity contribution in [3.63, 3.8) is 0 Å². The molecule has 1 saturated heterocycles. The van der Waals surface area contributed by atoms with Gasteiger partial charge in [0.15, 0.2) is 9.84 Å². The average Bonchev–Trinajstić information content (AvgIpc) is 2.46. The molecule has 0 aromatic heterocycles. The molecule has 2 rings (SSSR count). The summed E-state index contributed by atoms with van der Waals surface area (Å²) in [6, 6.07) is 3.51. The summed E-state index contributed by atoms with van der Waals surface area (Å²) in [5.74, 6) is -1.75. The summed E-state index contributed by atoms with van der Waals surface area (Å²) in [6.07, 6.45) is 0. The number of aromatic carboxylic acids is 1. The Hall–Kier alpha value is -1.65. The van der Waals surface area contributed by atoms with Gasteiger partial charge in [-0.1, -0.05) is 0 Å². The normalized spacial score (nSPS) is 18.8. The molecule has 1 N–H and O–H groups in total. The molecule has 122 valence electrons. The van der Waals surface area contributed by atoms with Crippen LogP contribution in [0.25, 0.3) is 0 Å². The monoisotopic (exact) mass is 349 g/mol. The molecule has 22 heavy (non-hydrogen) atoms. The number of hydrogen-bond acceptors (Lipinski definition) is 6. The standard InChI is InChI=1S/C12H15NO7S2/c1-20-11-3-2-9(8-10(11)12(14)15)22(18,19)13-4-6-21(16,17)7-5-13/h2-3,8H,4-7H2,1H3,(H,14,15). The predicted octanol–water partition coefficient (Wildman–Crippen LogP) is -0.188. The largest absolute Gasteiger partial charge is 0.496 e. The molecule has 0 amide bonds. The van der Waals surface area contributed by atoms with Crippen LogP contribution in [0.4, 0.5) is 0 Å². The molecule has 0 aliphatic carbocycles. The van der Waals surface area contributed by atoms with Gasteiger partial charge in [0.2, 0.25) is 10.0 Å². The van der Waals surface area contributed by atoms with E-state index in [-0.39, 0.29) is 40.8 Å². The highest BCUT2D eigenvalue weighted by Gasteiger charge is 2.32. The van der Waals surface area contributed by atoms with Crippen molar-refractivity contribution in [2.24, 2.45) is 0 Å². The van der Waals surface area contributed by atoms with Crippen LogP contribution in [0.3, 0.4) is 0 Å². The molecular formula is C12H15NO7S2. The molecule has 1 fully saturated rings. The smallest absolute Gasteiger partial charge is 0.339 e. The van der Waals surface area contributed by atoms with Crippen LogP contribution in [0.2, 0.25) is 0 Å². The zero-order chi connectivity index (χ0) is 16.5. The van der Waals surface area contributed by atoms with Gasteiger partial charge in [-0.2, -0.15) is 4.31 Å². The second-order valence-corrected chi connectivity index (χ2v) is 8.96. The fourth-order valence-electron chi connectivity index (χ4n) is 2.10. The average molecular weight is 349 g/mol. The molecule has 1 aromatic carbocycles. The summed E-state index contributed by atoms with van der Waals surface area (Å²) >= 11 is 0. The van der Waals surface area contributed by atoms with Crippen molar-refractivity contribution in [3.05, 3.63) is 23.8 Å². The van der Waals surface area contributed by atoms with E-state index in [1.54, 1.807) is 0 Å². The van der Waals surface area contributed by atoms with E-state index >= 15 is 0 Å². The Balaban J connectivity index is 2.38. The minimum absolute atomic E-state index is 0.0488. The maximum absolute atomic E-state index is 12.5. The van der Waals surface area contributed by atoms with Gasteiger partial charge in [0.25, 0.3) is 0 Å².